The van der Waals surface area contributed by atoms with Crippen molar-refractivity contribution < 1.29 is 8.42 Å². The SMILES string of the molecule is O=S(=O)(NCc1ccnc(-c2cccnc2)c1)N1CCCC1. The topological polar surface area (TPSA) is 75.2 Å². The predicted molar refractivity (Wildman–Crippen MR) is 84.0 cm³/mol. The van der Waals surface area contributed by atoms with Gasteiger partial charge in [0.05, 0.1) is 5.69 Å². The van der Waals surface area contributed by atoms with Gasteiger partial charge in [-0.1, -0.05) is 0 Å². The van der Waals surface area contributed by atoms with Crippen LogP contribution in [0.5, 0.6) is 0 Å². The Balaban J connectivity index is 1.71. The molecule has 1 aliphatic heterocycles. The van der Waals surface area contributed by atoms with E-state index in [4.69, 9.17) is 0 Å². The van der Waals surface area contributed by atoms with Gasteiger partial charge in [-0.05, 0) is 42.7 Å². The van der Waals surface area contributed by atoms with Crippen molar-refractivity contribution in [3.63, 3.8) is 0 Å². The number of nitrogens with zero attached hydrogens (tertiary/aromatic N) is 3. The number of hydrogen-bond donors (Lipinski definition) is 1. The molecule has 0 atom stereocenters. The third-order valence-corrected chi connectivity index (χ3v) is 5.20. The largest absolute Gasteiger partial charge is 0.279 e. The highest BCUT2D eigenvalue weighted by molar-refractivity contribution is 7.87. The van der Waals surface area contributed by atoms with Gasteiger partial charge >= 0.3 is 0 Å². The summed E-state index contributed by atoms with van der Waals surface area (Å²) in [4.78, 5) is 8.37. The molecule has 3 rings (SSSR count). The zero-order valence-corrected chi connectivity index (χ0v) is 13.0. The quantitative estimate of drug-likeness (QED) is 0.908. The Morgan fingerprint density at radius 3 is 2.73 bits per heavy atom. The van der Waals surface area contributed by atoms with Crippen LogP contribution in [0.25, 0.3) is 11.3 Å². The van der Waals surface area contributed by atoms with E-state index in [-0.39, 0.29) is 6.54 Å². The summed E-state index contributed by atoms with van der Waals surface area (Å²) < 4.78 is 28.4. The van der Waals surface area contributed by atoms with Crippen LogP contribution >= 0.6 is 0 Å². The molecule has 116 valence electrons. The van der Waals surface area contributed by atoms with Crippen molar-refractivity contribution in [2.45, 2.75) is 19.4 Å². The molecule has 3 heterocycles. The summed E-state index contributed by atoms with van der Waals surface area (Å²) in [6, 6.07) is 7.46. The zero-order valence-electron chi connectivity index (χ0n) is 12.1. The number of rotatable bonds is 5. The third-order valence-electron chi connectivity index (χ3n) is 3.65. The van der Waals surface area contributed by atoms with E-state index in [0.29, 0.717) is 13.1 Å². The van der Waals surface area contributed by atoms with Gasteiger partial charge in [-0.25, -0.2) is 0 Å². The van der Waals surface area contributed by atoms with Gasteiger partial charge in [-0.3, -0.25) is 9.97 Å². The first-order chi connectivity index (χ1) is 10.6. The standard InChI is InChI=1S/C15H18N4O2S/c20-22(21,19-8-1-2-9-19)18-11-13-5-7-17-15(10-13)14-4-3-6-16-12-14/h3-7,10,12,18H,1-2,8-9,11H2. The summed E-state index contributed by atoms with van der Waals surface area (Å²) in [6.45, 7) is 1.47. The fourth-order valence-electron chi connectivity index (χ4n) is 2.45. The van der Waals surface area contributed by atoms with Crippen molar-refractivity contribution >= 4 is 10.2 Å². The molecule has 1 N–H and O–H groups in total. The second-order valence-corrected chi connectivity index (χ2v) is 6.98. The van der Waals surface area contributed by atoms with E-state index in [1.165, 1.54) is 4.31 Å². The summed E-state index contributed by atoms with van der Waals surface area (Å²) in [6.07, 6.45) is 6.99. The molecule has 1 saturated heterocycles. The molecule has 0 unspecified atom stereocenters. The lowest BCUT2D eigenvalue weighted by Crippen LogP contribution is -2.38. The van der Waals surface area contributed by atoms with E-state index in [1.54, 1.807) is 18.6 Å². The van der Waals surface area contributed by atoms with Crippen molar-refractivity contribution in [1.82, 2.24) is 19.0 Å². The van der Waals surface area contributed by atoms with Crippen LogP contribution < -0.4 is 4.72 Å². The highest BCUT2D eigenvalue weighted by Crippen LogP contribution is 2.17. The van der Waals surface area contributed by atoms with Crippen LogP contribution in [-0.4, -0.2) is 35.8 Å². The molecule has 7 heteroatoms. The molecular weight excluding hydrogens is 300 g/mol. The minimum Gasteiger partial charge on any atom is -0.264 e. The van der Waals surface area contributed by atoms with Gasteiger partial charge in [0, 0.05) is 43.8 Å². The van der Waals surface area contributed by atoms with Crippen LogP contribution in [0.2, 0.25) is 0 Å². The lowest BCUT2D eigenvalue weighted by atomic mass is 10.1. The smallest absolute Gasteiger partial charge is 0.264 e. The highest BCUT2D eigenvalue weighted by Gasteiger charge is 2.24. The fraction of sp³-hybridized carbons (Fsp3) is 0.333. The first kappa shape index (κ1) is 15.1. The fourth-order valence-corrected chi connectivity index (χ4v) is 3.72. The Morgan fingerprint density at radius 2 is 2.00 bits per heavy atom. The summed E-state index contributed by atoms with van der Waals surface area (Å²) >= 11 is 0. The molecule has 2 aromatic heterocycles. The van der Waals surface area contributed by atoms with Gasteiger partial charge in [-0.2, -0.15) is 17.4 Å². The molecule has 1 aliphatic rings. The number of aromatic nitrogens is 2. The van der Waals surface area contributed by atoms with Crippen LogP contribution in [0.1, 0.15) is 18.4 Å². The zero-order chi connectivity index (χ0) is 15.4. The Labute approximate surface area is 130 Å². The van der Waals surface area contributed by atoms with E-state index in [9.17, 15) is 8.42 Å². The number of hydrogen-bond acceptors (Lipinski definition) is 4. The molecule has 2 aromatic rings. The molecule has 0 amide bonds. The Morgan fingerprint density at radius 1 is 1.18 bits per heavy atom. The number of nitrogens with one attached hydrogen (secondary N) is 1. The molecular formula is C15H18N4O2S. The maximum absolute atomic E-state index is 12.2. The second kappa shape index (κ2) is 6.51. The molecule has 22 heavy (non-hydrogen) atoms. The van der Waals surface area contributed by atoms with Gasteiger partial charge in [0.1, 0.15) is 0 Å². The van der Waals surface area contributed by atoms with Crippen molar-refractivity contribution in [2.24, 2.45) is 0 Å². The summed E-state index contributed by atoms with van der Waals surface area (Å²) in [5, 5.41) is 0. The van der Waals surface area contributed by atoms with Crippen LogP contribution in [0.15, 0.2) is 42.9 Å². The van der Waals surface area contributed by atoms with E-state index < -0.39 is 10.2 Å². The van der Waals surface area contributed by atoms with Gasteiger partial charge in [-0.15, -0.1) is 0 Å². The van der Waals surface area contributed by atoms with E-state index in [0.717, 1.165) is 29.7 Å². The van der Waals surface area contributed by atoms with Crippen LogP contribution in [0.3, 0.4) is 0 Å². The Bertz CT molecular complexity index is 728. The van der Waals surface area contributed by atoms with Gasteiger partial charge < -0.3 is 0 Å². The van der Waals surface area contributed by atoms with Crippen molar-refractivity contribution in [3.05, 3.63) is 48.4 Å². The van der Waals surface area contributed by atoms with Crippen molar-refractivity contribution in [3.8, 4) is 11.3 Å². The molecule has 0 bridgehead atoms. The van der Waals surface area contributed by atoms with Gasteiger partial charge in [0.2, 0.25) is 0 Å². The van der Waals surface area contributed by atoms with Crippen molar-refractivity contribution in [2.75, 3.05) is 13.1 Å². The van der Waals surface area contributed by atoms with E-state index in [1.807, 2.05) is 24.3 Å². The average Bonchev–Trinajstić information content (AvgIpc) is 3.10. The number of pyridine rings is 2. The molecule has 0 aromatic carbocycles. The third kappa shape index (κ3) is 3.49. The summed E-state index contributed by atoms with van der Waals surface area (Å²) in [5.41, 5.74) is 2.56. The minimum absolute atomic E-state index is 0.259. The van der Waals surface area contributed by atoms with E-state index in [2.05, 4.69) is 14.7 Å². The van der Waals surface area contributed by atoms with E-state index >= 15 is 0 Å². The maximum Gasteiger partial charge on any atom is 0.279 e. The minimum atomic E-state index is -3.39. The Hall–Kier alpha value is -1.83. The molecule has 1 fully saturated rings. The first-order valence-electron chi connectivity index (χ1n) is 7.25. The highest BCUT2D eigenvalue weighted by atomic mass is 32.2. The lowest BCUT2D eigenvalue weighted by molar-refractivity contribution is 0.464. The van der Waals surface area contributed by atoms with Gasteiger partial charge in [0.25, 0.3) is 10.2 Å². The van der Waals surface area contributed by atoms with Crippen LogP contribution in [0.4, 0.5) is 0 Å². The Kier molecular flexibility index (Phi) is 4.47. The molecule has 6 nitrogen and oxygen atoms in total. The van der Waals surface area contributed by atoms with Crippen LogP contribution in [-0.2, 0) is 16.8 Å². The molecule has 0 spiro atoms. The van der Waals surface area contributed by atoms with Crippen molar-refractivity contribution in [1.29, 1.82) is 0 Å². The molecule has 0 aliphatic carbocycles. The monoisotopic (exact) mass is 318 g/mol. The first-order valence-corrected chi connectivity index (χ1v) is 8.69. The van der Waals surface area contributed by atoms with Gasteiger partial charge in [0.15, 0.2) is 0 Å². The normalized spacial score (nSPS) is 16.0. The lowest BCUT2D eigenvalue weighted by Gasteiger charge is -2.16. The summed E-state index contributed by atoms with van der Waals surface area (Å²) in [7, 11) is -3.39. The maximum atomic E-state index is 12.2. The molecule has 0 radical (unpaired) electrons. The molecule has 0 saturated carbocycles. The van der Waals surface area contributed by atoms with Crippen LogP contribution in [0, 0.1) is 0 Å². The second-order valence-electron chi connectivity index (χ2n) is 5.22. The average molecular weight is 318 g/mol. The summed E-state index contributed by atoms with van der Waals surface area (Å²) in [5.74, 6) is 0. The predicted octanol–water partition coefficient (Wildman–Crippen LogP) is 1.57.